The van der Waals surface area contributed by atoms with Gasteiger partial charge in [-0.25, -0.2) is 0 Å². The molecule has 0 radical (unpaired) electrons. The van der Waals surface area contributed by atoms with Crippen molar-refractivity contribution in [3.05, 3.63) is 42.2 Å². The van der Waals surface area contributed by atoms with Gasteiger partial charge in [0.2, 0.25) is 5.91 Å². The Bertz CT molecular complexity index is 587. The molecule has 0 aliphatic heterocycles. The minimum atomic E-state index is -0.0158. The molecule has 112 valence electrons. The van der Waals surface area contributed by atoms with E-state index in [0.717, 1.165) is 30.0 Å². The summed E-state index contributed by atoms with van der Waals surface area (Å²) < 4.78 is 1.90. The quantitative estimate of drug-likeness (QED) is 0.858. The number of carbonyl (C=O) groups is 1. The van der Waals surface area contributed by atoms with Crippen LogP contribution in [0, 0.1) is 5.92 Å². The molecule has 1 aromatic heterocycles. The number of aryl methyl sites for hydroxylation is 1. The van der Waals surface area contributed by atoms with Crippen molar-refractivity contribution in [2.45, 2.75) is 33.9 Å². The summed E-state index contributed by atoms with van der Waals surface area (Å²) in [5.41, 5.74) is 2.98. The first-order chi connectivity index (χ1) is 10.1. The topological polar surface area (TPSA) is 59.0 Å². The van der Waals surface area contributed by atoms with Crippen LogP contribution < -0.4 is 10.6 Å². The van der Waals surface area contributed by atoms with Crippen LogP contribution in [0.2, 0.25) is 0 Å². The molecule has 2 rings (SSSR count). The summed E-state index contributed by atoms with van der Waals surface area (Å²) in [4.78, 5) is 11.6. The van der Waals surface area contributed by atoms with E-state index in [0.29, 0.717) is 0 Å². The third kappa shape index (κ3) is 4.34. The Balaban J connectivity index is 1.88. The molecule has 1 amide bonds. The van der Waals surface area contributed by atoms with Crippen LogP contribution in [-0.2, 0) is 17.9 Å². The zero-order valence-corrected chi connectivity index (χ0v) is 12.8. The van der Waals surface area contributed by atoms with Gasteiger partial charge in [-0.1, -0.05) is 13.8 Å². The predicted octanol–water partition coefficient (Wildman–Crippen LogP) is 3.11. The molecule has 0 atom stereocenters. The van der Waals surface area contributed by atoms with Crippen LogP contribution in [0.15, 0.2) is 36.7 Å². The zero-order valence-electron chi connectivity index (χ0n) is 12.8. The zero-order chi connectivity index (χ0) is 15.2. The highest BCUT2D eigenvalue weighted by Crippen LogP contribution is 2.15. The summed E-state index contributed by atoms with van der Waals surface area (Å²) in [6.07, 6.45) is 3.90. The minimum Gasteiger partial charge on any atom is -0.381 e. The van der Waals surface area contributed by atoms with E-state index in [2.05, 4.69) is 22.7 Å². The van der Waals surface area contributed by atoms with Gasteiger partial charge in [0.05, 0.1) is 6.20 Å². The number of nitrogens with zero attached hydrogens (tertiary/aromatic N) is 2. The Morgan fingerprint density at radius 3 is 2.48 bits per heavy atom. The molecule has 1 heterocycles. The number of hydrogen-bond acceptors (Lipinski definition) is 3. The maximum Gasteiger partial charge on any atom is 0.226 e. The summed E-state index contributed by atoms with van der Waals surface area (Å²) in [5.74, 6) is 0.0144. The normalized spacial score (nSPS) is 10.7. The lowest BCUT2D eigenvalue weighted by atomic mass is 10.2. The molecule has 21 heavy (non-hydrogen) atoms. The van der Waals surface area contributed by atoms with Crippen LogP contribution in [0.4, 0.5) is 11.4 Å². The Morgan fingerprint density at radius 1 is 1.24 bits per heavy atom. The van der Waals surface area contributed by atoms with Crippen molar-refractivity contribution in [3.63, 3.8) is 0 Å². The van der Waals surface area contributed by atoms with Crippen LogP contribution >= 0.6 is 0 Å². The van der Waals surface area contributed by atoms with Crippen molar-refractivity contribution < 1.29 is 4.79 Å². The van der Waals surface area contributed by atoms with E-state index in [1.807, 2.05) is 55.2 Å². The molecule has 0 bridgehead atoms. The van der Waals surface area contributed by atoms with Gasteiger partial charge in [0.15, 0.2) is 0 Å². The summed E-state index contributed by atoms with van der Waals surface area (Å²) in [6, 6.07) is 7.72. The largest absolute Gasteiger partial charge is 0.381 e. The van der Waals surface area contributed by atoms with Crippen LogP contribution in [-0.4, -0.2) is 15.7 Å². The molecular formula is C16H22N4O. The second kappa shape index (κ2) is 6.92. The van der Waals surface area contributed by atoms with Crippen molar-refractivity contribution in [1.29, 1.82) is 0 Å². The van der Waals surface area contributed by atoms with E-state index in [-0.39, 0.29) is 11.8 Å². The van der Waals surface area contributed by atoms with E-state index in [1.54, 1.807) is 0 Å². The highest BCUT2D eigenvalue weighted by atomic mass is 16.1. The van der Waals surface area contributed by atoms with Gasteiger partial charge < -0.3 is 10.6 Å². The first-order valence-electron chi connectivity index (χ1n) is 7.24. The molecule has 2 aromatic rings. The van der Waals surface area contributed by atoms with E-state index >= 15 is 0 Å². The van der Waals surface area contributed by atoms with Crippen LogP contribution in [0.25, 0.3) is 0 Å². The summed E-state index contributed by atoms with van der Waals surface area (Å²) in [5, 5.41) is 10.4. The lowest BCUT2D eigenvalue weighted by Gasteiger charge is -2.09. The Kier molecular flexibility index (Phi) is 4.98. The minimum absolute atomic E-state index is 0.0158. The van der Waals surface area contributed by atoms with Crippen LogP contribution in [0.3, 0.4) is 0 Å². The number of aromatic nitrogens is 2. The summed E-state index contributed by atoms with van der Waals surface area (Å²) >= 11 is 0. The Hall–Kier alpha value is -2.30. The van der Waals surface area contributed by atoms with E-state index < -0.39 is 0 Å². The number of hydrogen-bond donors (Lipinski definition) is 2. The molecule has 0 spiro atoms. The number of nitrogens with one attached hydrogen (secondary N) is 2. The third-order valence-corrected chi connectivity index (χ3v) is 3.18. The summed E-state index contributed by atoms with van der Waals surface area (Å²) in [6.45, 7) is 7.43. The second-order valence-electron chi connectivity index (χ2n) is 5.28. The maximum absolute atomic E-state index is 11.6. The van der Waals surface area contributed by atoms with Gasteiger partial charge >= 0.3 is 0 Å². The predicted molar refractivity (Wildman–Crippen MR) is 85.1 cm³/mol. The van der Waals surface area contributed by atoms with Gasteiger partial charge in [-0.15, -0.1) is 0 Å². The van der Waals surface area contributed by atoms with Crippen LogP contribution in [0.1, 0.15) is 26.3 Å². The smallest absolute Gasteiger partial charge is 0.226 e. The molecule has 0 unspecified atom stereocenters. The first kappa shape index (κ1) is 15.1. The van der Waals surface area contributed by atoms with E-state index in [9.17, 15) is 4.79 Å². The molecule has 1 aromatic carbocycles. The van der Waals surface area contributed by atoms with Gasteiger partial charge in [-0.3, -0.25) is 9.48 Å². The second-order valence-corrected chi connectivity index (χ2v) is 5.28. The SMILES string of the molecule is CCn1cc(CNc2ccc(NC(=O)C(C)C)cc2)cn1. The fourth-order valence-corrected chi connectivity index (χ4v) is 1.83. The van der Waals surface area contributed by atoms with Gasteiger partial charge in [0, 0.05) is 42.1 Å². The molecule has 0 aliphatic carbocycles. The summed E-state index contributed by atoms with van der Waals surface area (Å²) in [7, 11) is 0. The number of rotatable bonds is 6. The fraction of sp³-hybridized carbons (Fsp3) is 0.375. The lowest BCUT2D eigenvalue weighted by molar-refractivity contribution is -0.118. The van der Waals surface area contributed by atoms with Crippen molar-refractivity contribution in [2.24, 2.45) is 5.92 Å². The monoisotopic (exact) mass is 286 g/mol. The van der Waals surface area contributed by atoms with Crippen molar-refractivity contribution in [3.8, 4) is 0 Å². The number of benzene rings is 1. The lowest BCUT2D eigenvalue weighted by Crippen LogP contribution is -2.17. The molecular weight excluding hydrogens is 264 g/mol. The van der Waals surface area contributed by atoms with Gasteiger partial charge in [-0.2, -0.15) is 5.10 Å². The molecule has 0 saturated heterocycles. The standard InChI is InChI=1S/C16H22N4O/c1-4-20-11-13(10-18-20)9-17-14-5-7-15(8-6-14)19-16(21)12(2)3/h5-8,10-12,17H,4,9H2,1-3H3,(H,19,21). The van der Waals surface area contributed by atoms with Gasteiger partial charge in [-0.05, 0) is 31.2 Å². The number of anilines is 2. The van der Waals surface area contributed by atoms with Gasteiger partial charge in [0.25, 0.3) is 0 Å². The van der Waals surface area contributed by atoms with E-state index in [4.69, 9.17) is 0 Å². The maximum atomic E-state index is 11.6. The molecule has 0 saturated carbocycles. The van der Waals surface area contributed by atoms with Crippen molar-refractivity contribution in [2.75, 3.05) is 10.6 Å². The fourth-order valence-electron chi connectivity index (χ4n) is 1.83. The average molecular weight is 286 g/mol. The molecule has 2 N–H and O–H groups in total. The molecule has 0 aliphatic rings. The van der Waals surface area contributed by atoms with Crippen molar-refractivity contribution in [1.82, 2.24) is 9.78 Å². The highest BCUT2D eigenvalue weighted by Gasteiger charge is 2.06. The Labute approximate surface area is 125 Å². The number of carbonyl (C=O) groups excluding carboxylic acids is 1. The van der Waals surface area contributed by atoms with Crippen LogP contribution in [0.5, 0.6) is 0 Å². The molecule has 5 nitrogen and oxygen atoms in total. The van der Waals surface area contributed by atoms with E-state index in [1.165, 1.54) is 0 Å². The third-order valence-electron chi connectivity index (χ3n) is 3.18. The Morgan fingerprint density at radius 2 is 1.90 bits per heavy atom. The molecule has 0 fully saturated rings. The number of amides is 1. The molecule has 5 heteroatoms. The highest BCUT2D eigenvalue weighted by molar-refractivity contribution is 5.92. The van der Waals surface area contributed by atoms with Gasteiger partial charge in [0.1, 0.15) is 0 Å². The first-order valence-corrected chi connectivity index (χ1v) is 7.24. The van der Waals surface area contributed by atoms with Crippen molar-refractivity contribution >= 4 is 17.3 Å². The average Bonchev–Trinajstić information content (AvgIpc) is 2.94.